The van der Waals surface area contributed by atoms with Crippen LogP contribution in [0.25, 0.3) is 0 Å². The van der Waals surface area contributed by atoms with Gasteiger partial charge in [-0.1, -0.05) is 0 Å². The van der Waals surface area contributed by atoms with Gasteiger partial charge in [0.15, 0.2) is 8.46 Å². The van der Waals surface area contributed by atoms with Crippen molar-refractivity contribution in [1.82, 2.24) is 0 Å². The van der Waals surface area contributed by atoms with Gasteiger partial charge in [0, 0.05) is 0 Å². The van der Waals surface area contributed by atoms with Crippen LogP contribution in [0.3, 0.4) is 0 Å². The van der Waals surface area contributed by atoms with Crippen LogP contribution in [0.4, 0.5) is 0 Å². The minimum absolute atomic E-state index is 0.0883. The van der Waals surface area contributed by atoms with Gasteiger partial charge in [0.05, 0.1) is 6.16 Å². The van der Waals surface area contributed by atoms with E-state index in [4.69, 9.17) is 0 Å². The second-order valence-corrected chi connectivity index (χ2v) is 1.10. The predicted octanol–water partition coefficient (Wildman–Crippen LogP) is 0.477. The number of aldehydes is 1. The first-order valence-electron chi connectivity index (χ1n) is 1.14. The van der Waals surface area contributed by atoms with Gasteiger partial charge in [-0.3, -0.25) is 4.57 Å². The summed E-state index contributed by atoms with van der Waals surface area (Å²) in [5.74, 6) is 0. The van der Waals surface area contributed by atoms with Gasteiger partial charge in [0.25, 0.3) is 0 Å². The highest BCUT2D eigenvalue weighted by Gasteiger charge is 1.67. The quantitative estimate of drug-likeness (QED) is 0.365. The summed E-state index contributed by atoms with van der Waals surface area (Å²) in [5, 5.41) is 0. The van der Waals surface area contributed by atoms with E-state index in [0.29, 0.717) is 6.29 Å². The number of carbonyl (C=O) groups excluding carboxylic acids is 1. The van der Waals surface area contributed by atoms with E-state index in [1.54, 1.807) is 0 Å². The third kappa shape index (κ3) is 3.77. The third-order valence-electron chi connectivity index (χ3n) is 0.149. The molecule has 0 amide bonds. The molecule has 0 aromatic rings. The van der Waals surface area contributed by atoms with Crippen LogP contribution < -0.4 is 0 Å². The van der Waals surface area contributed by atoms with Crippen LogP contribution in [-0.4, -0.2) is 12.4 Å². The molecule has 2 nitrogen and oxygen atoms in total. The lowest BCUT2D eigenvalue weighted by molar-refractivity contribution is -0.105. The molecule has 0 aliphatic rings. The van der Waals surface area contributed by atoms with Gasteiger partial charge in [-0.2, -0.15) is 0 Å². The fourth-order valence-corrected chi connectivity index (χ4v) is 0.0913. The average Bonchev–Trinajstić information content (AvgIpc) is 1.41. The Bertz CT molecular complexity index is 36.9. The molecule has 0 atom stereocenters. The standard InChI is InChI=1S/C2H3O2P/c3-1-2-5-4/h1H,2H2. The molecule has 0 rings (SSSR count). The van der Waals surface area contributed by atoms with E-state index >= 15 is 0 Å². The molecule has 0 N–H and O–H groups in total. The lowest BCUT2D eigenvalue weighted by atomic mass is 10.9. The summed E-state index contributed by atoms with van der Waals surface area (Å²) in [6.07, 6.45) is 0.731. The van der Waals surface area contributed by atoms with Gasteiger partial charge < -0.3 is 4.79 Å². The Hall–Kier alpha value is -0.230. The molecule has 0 aromatic carbocycles. The summed E-state index contributed by atoms with van der Waals surface area (Å²) in [7, 11) is -0.0883. The zero-order valence-electron chi connectivity index (χ0n) is 2.55. The second-order valence-electron chi connectivity index (χ2n) is 0.478. The Morgan fingerprint density at radius 3 is 2.40 bits per heavy atom. The van der Waals surface area contributed by atoms with Gasteiger partial charge in [0.1, 0.15) is 6.29 Å². The average molecular weight is 90.0 g/mol. The van der Waals surface area contributed by atoms with E-state index in [1.165, 1.54) is 0 Å². The van der Waals surface area contributed by atoms with Gasteiger partial charge in [0.2, 0.25) is 0 Å². The van der Waals surface area contributed by atoms with Crippen LogP contribution in [0.1, 0.15) is 0 Å². The van der Waals surface area contributed by atoms with Crippen molar-refractivity contribution in [2.75, 3.05) is 6.16 Å². The molecule has 5 heavy (non-hydrogen) atoms. The zero-order valence-corrected chi connectivity index (χ0v) is 3.44. The zero-order chi connectivity index (χ0) is 4.12. The summed E-state index contributed by atoms with van der Waals surface area (Å²) in [5.41, 5.74) is 0. The highest BCUT2D eigenvalue weighted by atomic mass is 31.1. The van der Waals surface area contributed by atoms with Crippen LogP contribution in [0, 0.1) is 0 Å². The second kappa shape index (κ2) is 3.77. The molecule has 0 spiro atoms. The molecule has 0 fully saturated rings. The third-order valence-corrected chi connectivity index (χ3v) is 0.447. The number of rotatable bonds is 2. The molecule has 0 aliphatic heterocycles. The Morgan fingerprint density at radius 1 is 1.80 bits per heavy atom. The van der Waals surface area contributed by atoms with Crippen molar-refractivity contribution in [3.05, 3.63) is 0 Å². The normalized spacial score (nSPS) is 8.00. The maximum atomic E-state index is 9.27. The Balaban J connectivity index is 2.65. The van der Waals surface area contributed by atoms with Crippen LogP contribution in [0.5, 0.6) is 0 Å². The van der Waals surface area contributed by atoms with Gasteiger partial charge in [-0.05, 0) is 0 Å². The van der Waals surface area contributed by atoms with Crippen LogP contribution in [0.2, 0.25) is 0 Å². The first-order valence-corrected chi connectivity index (χ1v) is 2.14. The number of hydrogen-bond donors (Lipinski definition) is 0. The van der Waals surface area contributed by atoms with Crippen molar-refractivity contribution in [2.24, 2.45) is 0 Å². The molecule has 0 unspecified atom stereocenters. The summed E-state index contributed by atoms with van der Waals surface area (Å²) in [6, 6.07) is 0. The van der Waals surface area contributed by atoms with Crippen LogP contribution >= 0.6 is 8.46 Å². The SMILES string of the molecule is O=CCP=O. The van der Waals surface area contributed by atoms with E-state index in [9.17, 15) is 9.36 Å². The summed E-state index contributed by atoms with van der Waals surface area (Å²) < 4.78 is 9.27. The van der Waals surface area contributed by atoms with E-state index in [1.807, 2.05) is 0 Å². The van der Waals surface area contributed by atoms with Gasteiger partial charge >= 0.3 is 0 Å². The smallest absolute Gasteiger partial charge is 0.162 e. The maximum absolute atomic E-state index is 9.27. The lowest BCUT2D eigenvalue weighted by Gasteiger charge is -1.51. The van der Waals surface area contributed by atoms with Crippen molar-refractivity contribution < 1.29 is 9.36 Å². The van der Waals surface area contributed by atoms with Crippen molar-refractivity contribution >= 4 is 14.7 Å². The monoisotopic (exact) mass is 90.0 g/mol. The maximum Gasteiger partial charge on any atom is 0.162 e. The van der Waals surface area contributed by atoms with Crippen molar-refractivity contribution in [2.45, 2.75) is 0 Å². The van der Waals surface area contributed by atoms with E-state index in [-0.39, 0.29) is 14.6 Å². The molecule has 28 valence electrons. The van der Waals surface area contributed by atoms with Crippen LogP contribution in [-0.2, 0) is 9.36 Å². The van der Waals surface area contributed by atoms with E-state index < -0.39 is 0 Å². The fraction of sp³-hybridized carbons (Fsp3) is 0.500. The molecule has 0 aliphatic carbocycles. The predicted molar refractivity (Wildman–Crippen MR) is 18.5 cm³/mol. The molecular weight excluding hydrogens is 87.0 g/mol. The Morgan fingerprint density at radius 2 is 2.40 bits per heavy atom. The molecule has 0 saturated heterocycles. The van der Waals surface area contributed by atoms with E-state index in [0.717, 1.165) is 0 Å². The Labute approximate surface area is 31.4 Å². The molecule has 0 radical (unpaired) electrons. The summed E-state index contributed by atoms with van der Waals surface area (Å²) >= 11 is 0. The molecule has 3 heteroatoms. The Kier molecular flexibility index (Phi) is 3.60. The van der Waals surface area contributed by atoms with Gasteiger partial charge in [-0.25, -0.2) is 0 Å². The van der Waals surface area contributed by atoms with Gasteiger partial charge in [-0.15, -0.1) is 0 Å². The van der Waals surface area contributed by atoms with Crippen molar-refractivity contribution in [3.63, 3.8) is 0 Å². The summed E-state index contributed by atoms with van der Waals surface area (Å²) in [6.45, 7) is 0. The first-order chi connectivity index (χ1) is 2.41. The molecule has 0 aromatic heterocycles. The summed E-state index contributed by atoms with van der Waals surface area (Å²) in [4.78, 5) is 9.20. The van der Waals surface area contributed by atoms with Crippen molar-refractivity contribution in [1.29, 1.82) is 0 Å². The molecular formula is C2H3O2P. The molecule has 0 saturated carbocycles. The number of hydrogen-bond acceptors (Lipinski definition) is 2. The lowest BCUT2D eigenvalue weighted by Crippen LogP contribution is -1.64. The highest BCUT2D eigenvalue weighted by molar-refractivity contribution is 7.24. The fourth-order valence-electron chi connectivity index (χ4n) is 0.0304. The molecule has 0 bridgehead atoms. The van der Waals surface area contributed by atoms with Crippen LogP contribution in [0.15, 0.2) is 0 Å². The van der Waals surface area contributed by atoms with E-state index in [2.05, 4.69) is 0 Å². The van der Waals surface area contributed by atoms with Crippen molar-refractivity contribution in [3.8, 4) is 0 Å². The minimum Gasteiger partial charge on any atom is -0.303 e. The minimum atomic E-state index is -0.0883. The topological polar surface area (TPSA) is 34.1 Å². The highest BCUT2D eigenvalue weighted by Crippen LogP contribution is 1.81. The first kappa shape index (κ1) is 4.77. The largest absolute Gasteiger partial charge is 0.303 e. The number of carbonyl (C=O) groups is 1. The molecule has 0 heterocycles.